The summed E-state index contributed by atoms with van der Waals surface area (Å²) in [7, 11) is 0. The average Bonchev–Trinajstić information content (AvgIpc) is 1.54. The molecule has 0 amide bonds. The quantitative estimate of drug-likeness (QED) is 0.127. The number of benzene rings is 16. The van der Waals surface area contributed by atoms with Crippen LogP contribution < -0.4 is 0 Å². The van der Waals surface area contributed by atoms with Gasteiger partial charge in [0.25, 0.3) is 0 Å². The molecule has 4 aromatic heterocycles. The number of aromatic nitrogens is 6. The summed E-state index contributed by atoms with van der Waals surface area (Å²) in [5.74, 6) is 3.94. The maximum absolute atomic E-state index is 6.70. The molecule has 22 rings (SSSR count). The summed E-state index contributed by atoms with van der Waals surface area (Å²) < 4.78 is 9.17. The third kappa shape index (κ3) is 10.5. The van der Waals surface area contributed by atoms with Crippen molar-refractivity contribution < 1.29 is 4.42 Å². The lowest BCUT2D eigenvalue weighted by atomic mass is 9.67. The second kappa shape index (κ2) is 26.4. The first-order valence-electron chi connectivity index (χ1n) is 37.2. The van der Waals surface area contributed by atoms with Crippen molar-refractivity contribution in [3.63, 3.8) is 0 Å². The molecule has 8 heteroatoms. The van der Waals surface area contributed by atoms with Gasteiger partial charge in [0.1, 0.15) is 11.2 Å². The van der Waals surface area contributed by atoms with Gasteiger partial charge in [-0.2, -0.15) is 0 Å². The minimum atomic E-state index is -0.482. The number of furan rings is 1. The van der Waals surface area contributed by atoms with Crippen LogP contribution in [-0.2, 0) is 10.8 Å². The highest BCUT2D eigenvalue weighted by Gasteiger charge is 2.48. The molecule has 0 radical (unpaired) electrons. The normalized spacial score (nSPS) is 12.9. The van der Waals surface area contributed by atoms with E-state index in [9.17, 15) is 0 Å². The Morgan fingerprint density at radius 3 is 1.04 bits per heavy atom. The van der Waals surface area contributed by atoms with Gasteiger partial charge in [0.05, 0.1) is 10.8 Å². The van der Waals surface area contributed by atoms with Gasteiger partial charge in [-0.15, -0.1) is 11.3 Å². The van der Waals surface area contributed by atoms with Crippen LogP contribution in [0.25, 0.3) is 155 Å². The maximum Gasteiger partial charge on any atom is 0.164 e. The summed E-state index contributed by atoms with van der Waals surface area (Å²) >= 11 is 1.83. The number of hydrogen-bond acceptors (Lipinski definition) is 8. The molecule has 110 heavy (non-hydrogen) atoms. The monoisotopic (exact) mass is 1420 g/mol. The van der Waals surface area contributed by atoms with Gasteiger partial charge in [0.2, 0.25) is 0 Å². The molecule has 2 aliphatic carbocycles. The van der Waals surface area contributed by atoms with Gasteiger partial charge in [-0.25, -0.2) is 29.9 Å². The molecule has 0 atom stereocenters. The van der Waals surface area contributed by atoms with Crippen molar-refractivity contribution in [1.29, 1.82) is 0 Å². The smallest absolute Gasteiger partial charge is 0.164 e. The highest BCUT2D eigenvalue weighted by atomic mass is 32.1. The van der Waals surface area contributed by atoms with Crippen LogP contribution in [0.15, 0.2) is 393 Å². The van der Waals surface area contributed by atoms with Gasteiger partial charge < -0.3 is 4.42 Å². The molecule has 20 aromatic rings. The Balaban J connectivity index is 0.000000142. The van der Waals surface area contributed by atoms with Gasteiger partial charge in [0, 0.05) is 64.3 Å². The molecular formula is C102H64N6OS. The van der Waals surface area contributed by atoms with Crippen molar-refractivity contribution in [3.8, 4) is 102 Å². The number of nitrogens with zero attached hydrogens (tertiary/aromatic N) is 6. The molecule has 0 saturated carbocycles. The van der Waals surface area contributed by atoms with Crippen molar-refractivity contribution in [1.82, 2.24) is 29.9 Å². The van der Waals surface area contributed by atoms with Gasteiger partial charge in [-0.1, -0.05) is 352 Å². The highest BCUT2D eigenvalue weighted by Crippen LogP contribution is 2.59. The van der Waals surface area contributed by atoms with E-state index >= 15 is 0 Å². The molecule has 0 fully saturated rings. The molecule has 0 bridgehead atoms. The molecule has 514 valence electrons. The van der Waals surface area contributed by atoms with Crippen molar-refractivity contribution in [3.05, 3.63) is 433 Å². The van der Waals surface area contributed by atoms with Crippen LogP contribution >= 0.6 is 11.3 Å². The topological polar surface area (TPSA) is 90.5 Å². The van der Waals surface area contributed by atoms with E-state index < -0.39 is 10.8 Å². The number of rotatable bonds is 11. The standard InChI is InChI=1S/C56H35N3O.C46H29N3S/c1-4-15-36(16-5-1)53-57-54(37-17-6-2-7-18-37)59-55(58-53)47-24-14-19-40-33-38(27-30-43(40)47)39-28-32-51-48(34-39)46-31-29-42(35-52(46)60-51)56(41-20-8-3-9-21-41)49-25-12-10-22-44(49)45-23-11-13-26-50(45)56;1-4-14-30(15-5-1)43-47-44(31-16-6-2-7-17-31)49-45(48-43)32-24-26-37-38-27-25-34(29-42(38)50-41(37)28-32)46(33-18-8-3-9-19-33)39-22-12-10-20-35(39)36-21-11-13-23-40(36)46/h1-35H;1-29H. The minimum Gasteiger partial charge on any atom is -0.456 e. The Morgan fingerprint density at radius 1 is 0.200 bits per heavy atom. The minimum absolute atomic E-state index is 0.420. The molecular weight excluding hydrogens is 1360 g/mol. The Bertz CT molecular complexity index is 6760. The molecule has 16 aromatic carbocycles. The number of fused-ring (bicyclic) bond motifs is 13. The Hall–Kier alpha value is -14.2. The van der Waals surface area contributed by atoms with E-state index in [4.69, 9.17) is 34.3 Å². The molecule has 0 N–H and O–H groups in total. The Labute approximate surface area is 639 Å². The summed E-state index contributed by atoms with van der Waals surface area (Å²) in [5.41, 5.74) is 24.2. The number of thiophene rings is 1. The summed E-state index contributed by atoms with van der Waals surface area (Å²) in [5, 5.41) is 6.87. The van der Waals surface area contributed by atoms with Crippen LogP contribution in [0.2, 0.25) is 0 Å². The molecule has 4 heterocycles. The van der Waals surface area contributed by atoms with E-state index in [1.807, 2.05) is 133 Å². The van der Waals surface area contributed by atoms with Gasteiger partial charge in [-0.3, -0.25) is 0 Å². The van der Waals surface area contributed by atoms with E-state index in [-0.39, 0.29) is 0 Å². The first-order chi connectivity index (χ1) is 54.5. The molecule has 0 saturated heterocycles. The van der Waals surface area contributed by atoms with Crippen molar-refractivity contribution >= 4 is 64.2 Å². The van der Waals surface area contributed by atoms with Crippen LogP contribution in [-0.4, -0.2) is 29.9 Å². The SMILES string of the molecule is c1ccc(-c2nc(-c3ccccc3)nc(-c3ccc4c(c3)sc3cc(C5(c6ccccc6)c6ccccc6-c6ccccc65)ccc34)n2)cc1.c1ccc(-c2nc(-c3ccccc3)nc(-c3cccc4cc(-c5ccc6oc7cc(C8(c9ccccc9)c9ccccc9-c9ccccc98)ccc7c6c5)ccc34)n2)cc1. The number of hydrogen-bond donors (Lipinski definition) is 0. The van der Waals surface area contributed by atoms with Crippen LogP contribution in [0.4, 0.5) is 0 Å². The largest absolute Gasteiger partial charge is 0.456 e. The zero-order chi connectivity index (χ0) is 72.7. The molecule has 2 aliphatic rings. The molecule has 0 unspecified atom stereocenters. The fourth-order valence-electron chi connectivity index (χ4n) is 17.3. The zero-order valence-electron chi connectivity index (χ0n) is 59.5. The van der Waals surface area contributed by atoms with E-state index in [2.05, 4.69) is 267 Å². The maximum atomic E-state index is 6.70. The van der Waals surface area contributed by atoms with Gasteiger partial charge in [0.15, 0.2) is 34.9 Å². The summed E-state index contributed by atoms with van der Waals surface area (Å²) in [4.78, 5) is 29.8. The highest BCUT2D eigenvalue weighted by molar-refractivity contribution is 7.25. The van der Waals surface area contributed by atoms with E-state index in [0.717, 1.165) is 77.2 Å². The zero-order valence-corrected chi connectivity index (χ0v) is 60.3. The van der Waals surface area contributed by atoms with Crippen molar-refractivity contribution in [2.24, 2.45) is 0 Å². The van der Waals surface area contributed by atoms with Crippen LogP contribution in [0.3, 0.4) is 0 Å². The predicted molar refractivity (Wildman–Crippen MR) is 450 cm³/mol. The van der Waals surface area contributed by atoms with Crippen molar-refractivity contribution in [2.75, 3.05) is 0 Å². The van der Waals surface area contributed by atoms with Crippen LogP contribution in [0.5, 0.6) is 0 Å². The summed E-state index contributed by atoms with van der Waals surface area (Å²) in [6, 6.07) is 138. The second-order valence-corrected chi connectivity index (χ2v) is 29.4. The fraction of sp³-hybridized carbons (Fsp3) is 0.0196. The van der Waals surface area contributed by atoms with Crippen LogP contribution in [0, 0.1) is 0 Å². The molecule has 7 nitrogen and oxygen atoms in total. The lowest BCUT2D eigenvalue weighted by Crippen LogP contribution is -2.28. The first-order valence-corrected chi connectivity index (χ1v) is 38.0. The molecule has 0 spiro atoms. The fourth-order valence-corrected chi connectivity index (χ4v) is 18.5. The van der Waals surface area contributed by atoms with E-state index in [1.54, 1.807) is 0 Å². The van der Waals surface area contributed by atoms with Gasteiger partial charge >= 0.3 is 0 Å². The lowest BCUT2D eigenvalue weighted by molar-refractivity contribution is 0.665. The first kappa shape index (κ1) is 64.2. The Morgan fingerprint density at radius 2 is 0.555 bits per heavy atom. The third-order valence-corrected chi connectivity index (χ3v) is 23.4. The Kier molecular flexibility index (Phi) is 15.4. The van der Waals surface area contributed by atoms with E-state index in [0.29, 0.717) is 34.9 Å². The van der Waals surface area contributed by atoms with E-state index in [1.165, 1.54) is 86.9 Å². The lowest BCUT2D eigenvalue weighted by Gasteiger charge is -2.33. The second-order valence-electron chi connectivity index (χ2n) is 28.3. The predicted octanol–water partition coefficient (Wildman–Crippen LogP) is 25.6. The molecule has 0 aliphatic heterocycles. The average molecular weight is 1420 g/mol. The third-order valence-electron chi connectivity index (χ3n) is 22.2. The van der Waals surface area contributed by atoms with Crippen LogP contribution in [0.1, 0.15) is 44.5 Å². The summed E-state index contributed by atoms with van der Waals surface area (Å²) in [6.07, 6.45) is 0. The van der Waals surface area contributed by atoms with Gasteiger partial charge in [-0.05, 0) is 125 Å². The van der Waals surface area contributed by atoms with Crippen molar-refractivity contribution in [2.45, 2.75) is 10.8 Å². The summed E-state index contributed by atoms with van der Waals surface area (Å²) in [6.45, 7) is 0.